The number of H-pyrrole nitrogens is 1. The maximum absolute atomic E-state index is 11.6. The van der Waals surface area contributed by atoms with E-state index in [0.29, 0.717) is 17.5 Å². The van der Waals surface area contributed by atoms with Crippen molar-refractivity contribution in [1.29, 1.82) is 0 Å². The van der Waals surface area contributed by atoms with E-state index < -0.39 is 0 Å². The molecule has 7 nitrogen and oxygen atoms in total. The molecule has 3 heterocycles. The molecule has 1 unspecified atom stereocenters. The van der Waals surface area contributed by atoms with E-state index in [0.717, 1.165) is 38.3 Å². The van der Waals surface area contributed by atoms with Crippen molar-refractivity contribution in [2.45, 2.75) is 39.2 Å². The number of aromatic amines is 1. The SMILES string of the molecule is CCCNC1CCCN(c2cc3n[nH]c(=O)n3c(C)n2)C1. The van der Waals surface area contributed by atoms with Crippen LogP contribution in [0.3, 0.4) is 0 Å². The van der Waals surface area contributed by atoms with E-state index in [2.05, 4.69) is 32.3 Å². The summed E-state index contributed by atoms with van der Waals surface area (Å²) in [5, 5.41) is 10.1. The van der Waals surface area contributed by atoms with Gasteiger partial charge in [-0.1, -0.05) is 6.92 Å². The Balaban J connectivity index is 1.84. The van der Waals surface area contributed by atoms with Crippen LogP contribution in [0.2, 0.25) is 0 Å². The summed E-state index contributed by atoms with van der Waals surface area (Å²) in [5.41, 5.74) is 0.397. The molecule has 1 atom stereocenters. The number of aryl methyl sites for hydroxylation is 1. The Hall–Kier alpha value is -1.89. The highest BCUT2D eigenvalue weighted by Gasteiger charge is 2.21. The van der Waals surface area contributed by atoms with Crippen molar-refractivity contribution in [3.8, 4) is 0 Å². The van der Waals surface area contributed by atoms with Crippen molar-refractivity contribution in [2.75, 3.05) is 24.5 Å². The van der Waals surface area contributed by atoms with E-state index in [9.17, 15) is 4.79 Å². The fourth-order valence-corrected chi connectivity index (χ4v) is 2.94. The lowest BCUT2D eigenvalue weighted by molar-refractivity contribution is 0.421. The molecular weight excluding hydrogens is 268 g/mol. The molecule has 1 fully saturated rings. The third kappa shape index (κ3) is 2.78. The van der Waals surface area contributed by atoms with Crippen molar-refractivity contribution >= 4 is 11.5 Å². The van der Waals surface area contributed by atoms with Gasteiger partial charge < -0.3 is 10.2 Å². The standard InChI is InChI=1S/C14H22N6O/c1-3-6-15-11-5-4-7-19(9-11)12-8-13-17-18-14(21)20(13)10(2)16-12/h8,11,15H,3-7,9H2,1-2H3,(H,18,21). The maximum atomic E-state index is 11.6. The van der Waals surface area contributed by atoms with Crippen LogP contribution < -0.4 is 15.9 Å². The molecule has 0 spiro atoms. The number of hydrogen-bond acceptors (Lipinski definition) is 5. The van der Waals surface area contributed by atoms with Gasteiger partial charge in [-0.3, -0.25) is 0 Å². The van der Waals surface area contributed by atoms with Crippen molar-refractivity contribution in [2.24, 2.45) is 0 Å². The molecular formula is C14H22N6O. The van der Waals surface area contributed by atoms with Gasteiger partial charge in [-0.05, 0) is 32.7 Å². The third-order valence-electron chi connectivity index (χ3n) is 3.98. The van der Waals surface area contributed by atoms with Crippen molar-refractivity contribution < 1.29 is 0 Å². The van der Waals surface area contributed by atoms with Crippen LogP contribution in [-0.2, 0) is 0 Å². The number of rotatable bonds is 4. The smallest absolute Gasteiger partial charge is 0.349 e. The number of nitrogens with one attached hydrogen (secondary N) is 2. The second-order valence-corrected chi connectivity index (χ2v) is 5.62. The Labute approximate surface area is 123 Å². The second kappa shape index (κ2) is 5.85. The molecule has 0 aromatic carbocycles. The maximum Gasteiger partial charge on any atom is 0.349 e. The molecule has 0 aliphatic carbocycles. The quantitative estimate of drug-likeness (QED) is 0.866. The average molecular weight is 290 g/mol. The Kier molecular flexibility index (Phi) is 3.92. The molecule has 0 amide bonds. The van der Waals surface area contributed by atoms with Crippen LogP contribution in [0.15, 0.2) is 10.9 Å². The summed E-state index contributed by atoms with van der Waals surface area (Å²) in [5.74, 6) is 1.58. The van der Waals surface area contributed by atoms with Gasteiger partial charge in [0.15, 0.2) is 5.65 Å². The summed E-state index contributed by atoms with van der Waals surface area (Å²) in [7, 11) is 0. The fraction of sp³-hybridized carbons (Fsp3) is 0.643. The lowest BCUT2D eigenvalue weighted by atomic mass is 10.1. The molecule has 1 aliphatic rings. The number of anilines is 1. The van der Waals surface area contributed by atoms with E-state index >= 15 is 0 Å². The van der Waals surface area contributed by atoms with Gasteiger partial charge in [0.25, 0.3) is 0 Å². The molecule has 0 radical (unpaired) electrons. The highest BCUT2D eigenvalue weighted by molar-refractivity contribution is 5.51. The Bertz CT molecular complexity index is 676. The van der Waals surface area contributed by atoms with Crippen LogP contribution in [0, 0.1) is 6.92 Å². The summed E-state index contributed by atoms with van der Waals surface area (Å²) in [4.78, 5) is 18.5. The Morgan fingerprint density at radius 2 is 2.38 bits per heavy atom. The third-order valence-corrected chi connectivity index (χ3v) is 3.98. The highest BCUT2D eigenvalue weighted by atomic mass is 16.1. The minimum atomic E-state index is -0.234. The van der Waals surface area contributed by atoms with Gasteiger partial charge in [0.05, 0.1) is 0 Å². The summed E-state index contributed by atoms with van der Waals surface area (Å²) < 4.78 is 1.50. The van der Waals surface area contributed by atoms with Crippen molar-refractivity contribution in [3.05, 3.63) is 22.4 Å². The molecule has 21 heavy (non-hydrogen) atoms. The minimum Gasteiger partial charge on any atom is -0.355 e. The van der Waals surface area contributed by atoms with Gasteiger partial charge in [0.2, 0.25) is 0 Å². The zero-order valence-electron chi connectivity index (χ0n) is 12.6. The van der Waals surface area contributed by atoms with Crippen LogP contribution in [0.1, 0.15) is 32.0 Å². The summed E-state index contributed by atoms with van der Waals surface area (Å²) >= 11 is 0. The highest BCUT2D eigenvalue weighted by Crippen LogP contribution is 2.19. The largest absolute Gasteiger partial charge is 0.355 e. The van der Waals surface area contributed by atoms with Crippen LogP contribution >= 0.6 is 0 Å². The summed E-state index contributed by atoms with van der Waals surface area (Å²) in [6, 6.07) is 2.39. The number of piperidine rings is 1. The second-order valence-electron chi connectivity index (χ2n) is 5.62. The monoisotopic (exact) mass is 290 g/mol. The average Bonchev–Trinajstić information content (AvgIpc) is 2.87. The first kappa shape index (κ1) is 14.1. The number of fused-ring (bicyclic) bond motifs is 1. The molecule has 114 valence electrons. The molecule has 0 bridgehead atoms. The van der Waals surface area contributed by atoms with Crippen LogP contribution in [0.25, 0.3) is 5.65 Å². The van der Waals surface area contributed by atoms with E-state index in [1.54, 1.807) is 0 Å². The molecule has 3 rings (SSSR count). The molecule has 1 saturated heterocycles. The fourth-order valence-electron chi connectivity index (χ4n) is 2.94. The molecule has 2 N–H and O–H groups in total. The lowest BCUT2D eigenvalue weighted by Crippen LogP contribution is -2.46. The van der Waals surface area contributed by atoms with Crippen LogP contribution in [0.5, 0.6) is 0 Å². The predicted octanol–water partition coefficient (Wildman–Crippen LogP) is 0.694. The topological polar surface area (TPSA) is 78.3 Å². The zero-order chi connectivity index (χ0) is 14.8. The van der Waals surface area contributed by atoms with Crippen LogP contribution in [0.4, 0.5) is 5.82 Å². The lowest BCUT2D eigenvalue weighted by Gasteiger charge is -2.34. The van der Waals surface area contributed by atoms with Gasteiger partial charge in [-0.25, -0.2) is 19.3 Å². The molecule has 7 heteroatoms. The molecule has 2 aromatic rings. The van der Waals surface area contributed by atoms with Gasteiger partial charge >= 0.3 is 5.69 Å². The number of hydrogen-bond donors (Lipinski definition) is 2. The molecule has 2 aromatic heterocycles. The van der Waals surface area contributed by atoms with Crippen molar-refractivity contribution in [3.63, 3.8) is 0 Å². The first-order valence-corrected chi connectivity index (χ1v) is 7.62. The first-order chi connectivity index (χ1) is 10.2. The van der Waals surface area contributed by atoms with Crippen molar-refractivity contribution in [1.82, 2.24) is 24.9 Å². The summed E-state index contributed by atoms with van der Waals surface area (Å²) in [6.07, 6.45) is 3.51. The Morgan fingerprint density at radius 3 is 3.19 bits per heavy atom. The van der Waals surface area contributed by atoms with Gasteiger partial charge in [-0.15, -0.1) is 0 Å². The Morgan fingerprint density at radius 1 is 1.52 bits per heavy atom. The van der Waals surface area contributed by atoms with E-state index in [4.69, 9.17) is 0 Å². The van der Waals surface area contributed by atoms with Gasteiger partial charge in [0, 0.05) is 25.2 Å². The van der Waals surface area contributed by atoms with E-state index in [-0.39, 0.29) is 5.69 Å². The normalized spacial score (nSPS) is 19.3. The first-order valence-electron chi connectivity index (χ1n) is 7.62. The zero-order valence-corrected chi connectivity index (χ0v) is 12.6. The molecule has 0 saturated carbocycles. The van der Waals surface area contributed by atoms with Crippen LogP contribution in [-0.4, -0.2) is 45.3 Å². The number of aromatic nitrogens is 4. The minimum absolute atomic E-state index is 0.234. The van der Waals surface area contributed by atoms with E-state index in [1.165, 1.54) is 10.8 Å². The van der Waals surface area contributed by atoms with Gasteiger partial charge in [0.1, 0.15) is 11.6 Å². The van der Waals surface area contributed by atoms with Gasteiger partial charge in [-0.2, -0.15) is 5.10 Å². The predicted molar refractivity (Wildman–Crippen MR) is 81.9 cm³/mol. The summed E-state index contributed by atoms with van der Waals surface area (Å²) in [6.45, 7) is 7.03. The number of nitrogens with zero attached hydrogens (tertiary/aromatic N) is 4. The molecule has 1 aliphatic heterocycles. The van der Waals surface area contributed by atoms with E-state index in [1.807, 2.05) is 13.0 Å².